The highest BCUT2D eigenvalue weighted by Gasteiger charge is 2.24. The second kappa shape index (κ2) is 17.3. The molecule has 11 nitrogen and oxygen atoms in total. The second-order valence-corrected chi connectivity index (χ2v) is 9.96. The molecule has 0 atom stereocenters. The zero-order chi connectivity index (χ0) is 27.2. The third kappa shape index (κ3) is 10.7. The highest BCUT2D eigenvalue weighted by Crippen LogP contribution is 2.18. The van der Waals surface area contributed by atoms with Crippen LogP contribution in [0.25, 0.3) is 0 Å². The van der Waals surface area contributed by atoms with Gasteiger partial charge in [-0.15, -0.1) is 50.5 Å². The van der Waals surface area contributed by atoms with E-state index in [-0.39, 0.29) is 31.4 Å². The molecule has 0 spiro atoms. The molecule has 37 heavy (non-hydrogen) atoms. The van der Waals surface area contributed by atoms with Crippen molar-refractivity contribution >= 4 is 74.1 Å². The summed E-state index contributed by atoms with van der Waals surface area (Å²) in [7, 11) is 0. The number of thiol groups is 4. The van der Waals surface area contributed by atoms with Crippen LogP contribution in [0.2, 0.25) is 0 Å². The molecule has 2 aliphatic rings. The Hall–Kier alpha value is -1.36. The van der Waals surface area contributed by atoms with E-state index in [1.54, 1.807) is 9.80 Å². The van der Waals surface area contributed by atoms with E-state index in [9.17, 15) is 19.2 Å². The maximum atomic E-state index is 12.4. The van der Waals surface area contributed by atoms with Crippen molar-refractivity contribution in [2.24, 2.45) is 0 Å². The molecule has 15 heteroatoms. The Balaban J connectivity index is 1.57. The fourth-order valence-electron chi connectivity index (χ4n) is 3.37. The standard InChI is InChI=1S/C22H35N5O6S4/c28-19(15(34)17(36)21(30)26-7-11-32-12-8-26)24-5-1-3-23-4-2-6-25-20(29)16(35)18(37)22(31)27-9-13-33-14-10-27/h23,34-37H,1-14H2,(H,24,28)(H,25,29)/b17-15-,18-16-. The number of rotatable bonds is 12. The normalized spacial score (nSPS) is 17.5. The molecule has 3 N–H and O–H groups in total. The zero-order valence-corrected chi connectivity index (χ0v) is 24.1. The van der Waals surface area contributed by atoms with Gasteiger partial charge in [0.2, 0.25) is 0 Å². The topological polar surface area (TPSA) is 129 Å². The van der Waals surface area contributed by atoms with Gasteiger partial charge in [0.05, 0.1) is 46.0 Å². The fraction of sp³-hybridized carbons (Fsp3) is 0.636. The molecule has 2 rings (SSSR count). The average Bonchev–Trinajstić information content (AvgIpc) is 2.94. The Kier molecular flexibility index (Phi) is 14.9. The van der Waals surface area contributed by atoms with E-state index in [1.165, 1.54) is 0 Å². The lowest BCUT2D eigenvalue weighted by atomic mass is 10.3. The molecular formula is C22H35N5O6S4. The number of nitrogens with one attached hydrogen (secondary N) is 3. The molecule has 2 heterocycles. The molecule has 2 saturated heterocycles. The van der Waals surface area contributed by atoms with Crippen molar-refractivity contribution < 1.29 is 28.7 Å². The van der Waals surface area contributed by atoms with E-state index in [1.807, 2.05) is 0 Å². The minimum Gasteiger partial charge on any atom is -0.378 e. The minimum atomic E-state index is -0.455. The van der Waals surface area contributed by atoms with Gasteiger partial charge in [-0.05, 0) is 25.9 Å². The summed E-state index contributed by atoms with van der Waals surface area (Å²) in [5, 5.41) is 8.66. The third-order valence-corrected chi connectivity index (χ3v) is 7.55. The van der Waals surface area contributed by atoms with Crippen LogP contribution in [0.1, 0.15) is 12.8 Å². The number of hydrogen-bond acceptors (Lipinski definition) is 11. The summed E-state index contributed by atoms with van der Waals surface area (Å²) in [6, 6.07) is 0. The molecule has 2 fully saturated rings. The lowest BCUT2D eigenvalue weighted by Gasteiger charge is -2.27. The maximum absolute atomic E-state index is 12.4. The first-order valence-electron chi connectivity index (χ1n) is 12.0. The van der Waals surface area contributed by atoms with Crippen LogP contribution in [-0.4, -0.2) is 112 Å². The predicted molar refractivity (Wildman–Crippen MR) is 153 cm³/mol. The van der Waals surface area contributed by atoms with Crippen LogP contribution >= 0.6 is 50.5 Å². The molecule has 0 aromatic carbocycles. The van der Waals surface area contributed by atoms with Gasteiger partial charge in [-0.1, -0.05) is 0 Å². The van der Waals surface area contributed by atoms with Crippen molar-refractivity contribution in [3.05, 3.63) is 19.6 Å². The van der Waals surface area contributed by atoms with Crippen LogP contribution in [0, 0.1) is 0 Å². The maximum Gasteiger partial charge on any atom is 0.261 e. The lowest BCUT2D eigenvalue weighted by molar-refractivity contribution is -0.131. The van der Waals surface area contributed by atoms with Crippen molar-refractivity contribution in [1.29, 1.82) is 0 Å². The Morgan fingerprint density at radius 3 is 1.27 bits per heavy atom. The van der Waals surface area contributed by atoms with E-state index in [2.05, 4.69) is 66.5 Å². The molecule has 0 radical (unpaired) electrons. The number of nitrogens with zero attached hydrogens (tertiary/aromatic N) is 2. The van der Waals surface area contributed by atoms with E-state index < -0.39 is 11.8 Å². The van der Waals surface area contributed by atoms with Crippen LogP contribution in [0.3, 0.4) is 0 Å². The van der Waals surface area contributed by atoms with Crippen molar-refractivity contribution in [3.63, 3.8) is 0 Å². The number of ether oxygens (including phenoxy) is 2. The SMILES string of the molecule is O=C(NCCCNCCCNC(=O)/C(S)=C(/S)C(=O)N1CCOCC1)/C(S)=C(/S)C(=O)N1CCOCC1. The zero-order valence-electron chi connectivity index (χ0n) is 20.5. The largest absolute Gasteiger partial charge is 0.378 e. The first-order chi connectivity index (χ1) is 17.7. The number of carbonyl (C=O) groups is 4. The molecule has 0 bridgehead atoms. The van der Waals surface area contributed by atoms with Gasteiger partial charge < -0.3 is 35.2 Å². The van der Waals surface area contributed by atoms with Gasteiger partial charge in [0.25, 0.3) is 23.6 Å². The molecule has 208 valence electrons. The van der Waals surface area contributed by atoms with Gasteiger partial charge in [0.15, 0.2) is 0 Å². The summed E-state index contributed by atoms with van der Waals surface area (Å²) in [5.74, 6) is -1.58. The van der Waals surface area contributed by atoms with Crippen molar-refractivity contribution in [2.75, 3.05) is 78.8 Å². The molecule has 0 saturated carbocycles. The molecule has 0 aromatic rings. The van der Waals surface area contributed by atoms with E-state index in [0.717, 1.165) is 0 Å². The van der Waals surface area contributed by atoms with E-state index in [4.69, 9.17) is 9.47 Å². The smallest absolute Gasteiger partial charge is 0.261 e. The van der Waals surface area contributed by atoms with Crippen molar-refractivity contribution in [2.45, 2.75) is 12.8 Å². The van der Waals surface area contributed by atoms with Gasteiger partial charge in [-0.3, -0.25) is 19.2 Å². The van der Waals surface area contributed by atoms with Crippen LogP contribution in [0.5, 0.6) is 0 Å². The quantitative estimate of drug-likeness (QED) is 0.0919. The molecule has 4 amide bonds. The summed E-state index contributed by atoms with van der Waals surface area (Å²) in [6.45, 7) is 5.75. The van der Waals surface area contributed by atoms with Crippen LogP contribution in [0.4, 0.5) is 0 Å². The summed E-state index contributed by atoms with van der Waals surface area (Å²) in [4.78, 5) is 52.4. The Bertz CT molecular complexity index is 819. The van der Waals surface area contributed by atoms with Crippen LogP contribution < -0.4 is 16.0 Å². The van der Waals surface area contributed by atoms with Crippen LogP contribution in [-0.2, 0) is 28.7 Å². The highest BCUT2D eigenvalue weighted by atomic mass is 32.1. The number of carbonyl (C=O) groups excluding carboxylic acids is 4. The predicted octanol–water partition coefficient (Wildman–Crippen LogP) is -0.551. The number of amides is 4. The second-order valence-electron chi connectivity index (χ2n) is 8.17. The summed E-state index contributed by atoms with van der Waals surface area (Å²) in [6.07, 6.45) is 1.32. The van der Waals surface area contributed by atoms with Gasteiger partial charge in [0, 0.05) is 39.3 Å². The van der Waals surface area contributed by atoms with Gasteiger partial charge in [0.1, 0.15) is 0 Å². The van der Waals surface area contributed by atoms with Gasteiger partial charge >= 0.3 is 0 Å². The number of morpholine rings is 2. The lowest BCUT2D eigenvalue weighted by Crippen LogP contribution is -2.41. The van der Waals surface area contributed by atoms with Crippen molar-refractivity contribution in [1.82, 2.24) is 25.8 Å². The Labute approximate surface area is 239 Å². The Morgan fingerprint density at radius 2 is 0.919 bits per heavy atom. The average molecular weight is 594 g/mol. The molecule has 0 aliphatic carbocycles. The molecular weight excluding hydrogens is 559 g/mol. The molecule has 0 unspecified atom stereocenters. The van der Waals surface area contributed by atoms with E-state index >= 15 is 0 Å². The van der Waals surface area contributed by atoms with Gasteiger partial charge in [-0.2, -0.15) is 0 Å². The van der Waals surface area contributed by atoms with E-state index in [0.29, 0.717) is 91.6 Å². The van der Waals surface area contributed by atoms with Crippen LogP contribution in [0.15, 0.2) is 19.6 Å². The van der Waals surface area contributed by atoms with Crippen molar-refractivity contribution in [3.8, 4) is 0 Å². The first kappa shape index (κ1) is 31.9. The minimum absolute atomic E-state index is 0.0117. The summed E-state index contributed by atoms with van der Waals surface area (Å²) >= 11 is 16.7. The summed E-state index contributed by atoms with van der Waals surface area (Å²) in [5.41, 5.74) is 0. The molecule has 0 aromatic heterocycles. The van der Waals surface area contributed by atoms with Gasteiger partial charge in [-0.25, -0.2) is 0 Å². The summed E-state index contributed by atoms with van der Waals surface area (Å²) < 4.78 is 10.4. The molecule has 2 aliphatic heterocycles. The third-order valence-electron chi connectivity index (χ3n) is 5.51. The number of hydrogen-bond donors (Lipinski definition) is 7. The first-order valence-corrected chi connectivity index (χ1v) is 13.8. The Morgan fingerprint density at radius 1 is 0.568 bits per heavy atom. The highest BCUT2D eigenvalue weighted by molar-refractivity contribution is 7.90. The monoisotopic (exact) mass is 593 g/mol. The fourth-order valence-corrected chi connectivity index (χ4v) is 4.21.